The highest BCUT2D eigenvalue weighted by atomic mass is 32.2. The molecule has 0 atom stereocenters. The molecule has 1 heterocycles. The molecule has 0 unspecified atom stereocenters. The second-order valence-corrected chi connectivity index (χ2v) is 9.06. The van der Waals surface area contributed by atoms with Crippen molar-refractivity contribution in [3.8, 4) is 11.3 Å². The lowest BCUT2D eigenvalue weighted by Crippen LogP contribution is -2.30. The Hall–Kier alpha value is -2.73. The van der Waals surface area contributed by atoms with Gasteiger partial charge in [0.1, 0.15) is 6.33 Å². The second-order valence-electron chi connectivity index (χ2n) is 8.00. The van der Waals surface area contributed by atoms with Gasteiger partial charge in [-0.1, -0.05) is 68.3 Å². The summed E-state index contributed by atoms with van der Waals surface area (Å²) in [7, 11) is 0. The molecule has 0 spiro atoms. The van der Waals surface area contributed by atoms with Crippen LogP contribution in [0.2, 0.25) is 0 Å². The number of carbonyl (C=O) groups excluding carboxylic acids is 1. The maximum absolute atomic E-state index is 12.3. The quantitative estimate of drug-likeness (QED) is 0.323. The molecule has 170 valence electrons. The lowest BCUT2D eigenvalue weighted by molar-refractivity contribution is 0.252. The number of unbranched alkanes of at least 4 members (excludes halogenated alkanes) is 2. The van der Waals surface area contributed by atoms with Crippen molar-refractivity contribution < 1.29 is 4.79 Å². The Kier molecular flexibility index (Phi) is 9.23. The Labute approximate surface area is 196 Å². The van der Waals surface area contributed by atoms with Crippen LogP contribution in [0, 0.1) is 13.8 Å². The molecule has 0 radical (unpaired) electrons. The number of imidazole rings is 1. The van der Waals surface area contributed by atoms with Gasteiger partial charge in [0.2, 0.25) is 0 Å². The molecule has 0 aliphatic rings. The number of hydrogen-bond acceptors (Lipinski definition) is 3. The third kappa shape index (κ3) is 6.63. The van der Waals surface area contributed by atoms with Gasteiger partial charge in [-0.05, 0) is 56.2 Å². The average Bonchev–Trinajstić information content (AvgIpc) is 3.17. The Bertz CT molecular complexity index is 1000. The number of rotatable bonds is 11. The molecule has 2 amide bonds. The first kappa shape index (κ1) is 23.9. The minimum atomic E-state index is -0.117. The van der Waals surface area contributed by atoms with E-state index in [2.05, 4.69) is 57.7 Å². The maximum atomic E-state index is 12.3. The largest absolute Gasteiger partial charge is 0.338 e. The highest BCUT2D eigenvalue weighted by Gasteiger charge is 2.11. The first-order valence-corrected chi connectivity index (χ1v) is 12.4. The molecule has 0 bridgehead atoms. The molecule has 32 heavy (non-hydrogen) atoms. The lowest BCUT2D eigenvalue weighted by Gasteiger charge is -2.15. The van der Waals surface area contributed by atoms with E-state index in [1.807, 2.05) is 37.5 Å². The van der Waals surface area contributed by atoms with Gasteiger partial charge in [-0.15, -0.1) is 0 Å². The number of urea groups is 1. The Balaban J connectivity index is 1.53. The lowest BCUT2D eigenvalue weighted by atomic mass is 10.0. The molecule has 0 saturated heterocycles. The van der Waals surface area contributed by atoms with Gasteiger partial charge >= 0.3 is 6.03 Å². The molecule has 0 saturated carbocycles. The van der Waals surface area contributed by atoms with E-state index < -0.39 is 0 Å². The van der Waals surface area contributed by atoms with Crippen molar-refractivity contribution >= 4 is 23.7 Å². The Morgan fingerprint density at radius 3 is 2.62 bits per heavy atom. The highest BCUT2D eigenvalue weighted by Crippen LogP contribution is 2.26. The Morgan fingerprint density at radius 2 is 1.84 bits per heavy atom. The van der Waals surface area contributed by atoms with Crippen LogP contribution in [0.5, 0.6) is 0 Å². The smallest absolute Gasteiger partial charge is 0.319 e. The third-order valence-electron chi connectivity index (χ3n) is 5.50. The molecule has 3 aromatic rings. The van der Waals surface area contributed by atoms with Gasteiger partial charge < -0.3 is 10.6 Å². The van der Waals surface area contributed by atoms with Crippen molar-refractivity contribution in [1.82, 2.24) is 14.3 Å². The topological polar surface area (TPSA) is 59.0 Å². The van der Waals surface area contributed by atoms with E-state index in [1.165, 1.54) is 11.3 Å². The second kappa shape index (κ2) is 12.3. The molecule has 0 aliphatic heterocycles. The van der Waals surface area contributed by atoms with Crippen LogP contribution in [-0.2, 0) is 6.42 Å². The van der Waals surface area contributed by atoms with Crippen LogP contribution in [0.4, 0.5) is 10.5 Å². The van der Waals surface area contributed by atoms with Crippen LogP contribution in [0.25, 0.3) is 11.3 Å². The minimum absolute atomic E-state index is 0.117. The van der Waals surface area contributed by atoms with Gasteiger partial charge in [0.25, 0.3) is 0 Å². The predicted octanol–water partition coefficient (Wildman–Crippen LogP) is 6.61. The molecule has 0 fully saturated rings. The molecular formula is C26H34N4OS. The fourth-order valence-corrected chi connectivity index (χ4v) is 4.54. The summed E-state index contributed by atoms with van der Waals surface area (Å²) < 4.78 is 2.15. The summed E-state index contributed by atoms with van der Waals surface area (Å²) in [6, 6.07) is 16.4. The maximum Gasteiger partial charge on any atom is 0.319 e. The van der Waals surface area contributed by atoms with Gasteiger partial charge in [0.05, 0.1) is 11.4 Å². The Morgan fingerprint density at radius 1 is 1.03 bits per heavy atom. The molecule has 3 rings (SSSR count). The number of aromatic nitrogens is 2. The van der Waals surface area contributed by atoms with Gasteiger partial charge in [-0.3, -0.25) is 3.97 Å². The normalized spacial score (nSPS) is 10.8. The summed E-state index contributed by atoms with van der Waals surface area (Å²) in [5.74, 6) is 0.974. The fraction of sp³-hybridized carbons (Fsp3) is 0.385. The molecular weight excluding hydrogens is 416 g/mol. The number of nitrogens with one attached hydrogen (secondary N) is 2. The third-order valence-corrected chi connectivity index (χ3v) is 6.61. The van der Waals surface area contributed by atoms with E-state index in [0.29, 0.717) is 6.54 Å². The average molecular weight is 451 g/mol. The zero-order chi connectivity index (χ0) is 22.8. The molecule has 2 aromatic carbocycles. The molecule has 6 heteroatoms. The summed E-state index contributed by atoms with van der Waals surface area (Å²) in [5.41, 5.74) is 6.56. The predicted molar refractivity (Wildman–Crippen MR) is 136 cm³/mol. The van der Waals surface area contributed by atoms with Crippen molar-refractivity contribution in [1.29, 1.82) is 0 Å². The summed E-state index contributed by atoms with van der Waals surface area (Å²) >= 11 is 1.78. The van der Waals surface area contributed by atoms with Crippen LogP contribution in [0.1, 0.15) is 49.4 Å². The number of aryl methyl sites for hydroxylation is 2. The van der Waals surface area contributed by atoms with E-state index in [4.69, 9.17) is 0 Å². The zero-order valence-corrected chi connectivity index (χ0v) is 20.2. The van der Waals surface area contributed by atoms with Crippen LogP contribution in [-0.4, -0.2) is 27.3 Å². The number of amides is 2. The molecule has 2 N–H and O–H groups in total. The van der Waals surface area contributed by atoms with E-state index in [1.54, 1.807) is 11.9 Å². The number of para-hydroxylation sites is 1. The number of benzene rings is 2. The van der Waals surface area contributed by atoms with E-state index in [0.717, 1.165) is 60.4 Å². The first-order chi connectivity index (χ1) is 15.6. The SMILES string of the molecule is CCCCCNC(=O)Nc1c(C)cccc1CCCSn1cnc(-c2ccccc2)c1C. The zero-order valence-electron chi connectivity index (χ0n) is 19.4. The van der Waals surface area contributed by atoms with Crippen molar-refractivity contribution in [2.75, 3.05) is 17.6 Å². The van der Waals surface area contributed by atoms with Gasteiger partial charge in [0.15, 0.2) is 0 Å². The molecule has 1 aromatic heterocycles. The van der Waals surface area contributed by atoms with Gasteiger partial charge in [-0.2, -0.15) is 0 Å². The molecule has 5 nitrogen and oxygen atoms in total. The highest BCUT2D eigenvalue weighted by molar-refractivity contribution is 7.97. The van der Waals surface area contributed by atoms with Crippen molar-refractivity contribution in [3.63, 3.8) is 0 Å². The standard InChI is InChI=1S/C26H34N4OS/c1-4-5-9-17-27-26(31)29-24-20(2)12-10-15-22(24)16-11-18-32-30-19-28-25(21(30)3)23-13-7-6-8-14-23/h6-8,10,12-15,19H,4-5,9,11,16-18H2,1-3H3,(H2,27,29,31). The van der Waals surface area contributed by atoms with Crippen LogP contribution in [0.3, 0.4) is 0 Å². The number of anilines is 1. The van der Waals surface area contributed by atoms with E-state index >= 15 is 0 Å². The summed E-state index contributed by atoms with van der Waals surface area (Å²) in [5, 5.41) is 6.04. The van der Waals surface area contributed by atoms with Crippen LogP contribution < -0.4 is 10.6 Å². The minimum Gasteiger partial charge on any atom is -0.338 e. The number of carbonyl (C=O) groups is 1. The van der Waals surface area contributed by atoms with Crippen molar-refractivity contribution in [2.45, 2.75) is 52.9 Å². The summed E-state index contributed by atoms with van der Waals surface area (Å²) in [4.78, 5) is 16.9. The van der Waals surface area contributed by atoms with Crippen LogP contribution >= 0.6 is 11.9 Å². The van der Waals surface area contributed by atoms with E-state index in [9.17, 15) is 4.79 Å². The fourth-order valence-electron chi connectivity index (χ4n) is 3.68. The van der Waals surface area contributed by atoms with Gasteiger partial charge in [0, 0.05) is 23.5 Å². The first-order valence-electron chi connectivity index (χ1n) is 11.5. The van der Waals surface area contributed by atoms with Crippen LogP contribution in [0.15, 0.2) is 54.9 Å². The monoisotopic (exact) mass is 450 g/mol. The summed E-state index contributed by atoms with van der Waals surface area (Å²) in [6.45, 7) is 7.04. The summed E-state index contributed by atoms with van der Waals surface area (Å²) in [6.07, 6.45) is 7.14. The van der Waals surface area contributed by atoms with Crippen molar-refractivity contribution in [3.05, 3.63) is 71.7 Å². The number of hydrogen-bond donors (Lipinski definition) is 2. The van der Waals surface area contributed by atoms with E-state index in [-0.39, 0.29) is 6.03 Å². The molecule has 0 aliphatic carbocycles. The van der Waals surface area contributed by atoms with Crippen molar-refractivity contribution in [2.24, 2.45) is 0 Å². The van der Waals surface area contributed by atoms with Gasteiger partial charge in [-0.25, -0.2) is 9.78 Å². The number of nitrogens with zero attached hydrogens (tertiary/aromatic N) is 2.